The summed E-state index contributed by atoms with van der Waals surface area (Å²) >= 11 is 0. The second-order valence-electron chi connectivity index (χ2n) is 7.01. The molecule has 2 aliphatic rings. The zero-order valence-corrected chi connectivity index (χ0v) is 15.1. The van der Waals surface area contributed by atoms with Crippen LogP contribution < -0.4 is 4.74 Å². The molecule has 0 unspecified atom stereocenters. The Morgan fingerprint density at radius 2 is 2.19 bits per heavy atom. The van der Waals surface area contributed by atoms with E-state index in [1.807, 2.05) is 33.8 Å². The lowest BCUT2D eigenvalue weighted by molar-refractivity contribution is -0.132. The highest BCUT2D eigenvalue weighted by atomic mass is 16.5. The molecule has 1 amide bonds. The van der Waals surface area contributed by atoms with Crippen molar-refractivity contribution in [3.63, 3.8) is 0 Å². The van der Waals surface area contributed by atoms with Crippen LogP contribution >= 0.6 is 0 Å². The van der Waals surface area contributed by atoms with Gasteiger partial charge in [-0.05, 0) is 36.5 Å². The van der Waals surface area contributed by atoms with Gasteiger partial charge in [0.2, 0.25) is 5.91 Å². The predicted octanol–water partition coefficient (Wildman–Crippen LogP) is 1.80. The molecule has 1 aromatic carbocycles. The molecule has 0 atom stereocenters. The van der Waals surface area contributed by atoms with Crippen LogP contribution in [0.4, 0.5) is 0 Å². The van der Waals surface area contributed by atoms with E-state index in [9.17, 15) is 4.79 Å². The summed E-state index contributed by atoms with van der Waals surface area (Å²) in [5.74, 6) is 1.60. The van der Waals surface area contributed by atoms with Gasteiger partial charge in [-0.15, -0.1) is 5.10 Å². The standard InChI is InChI=1S/C19H24N4O3/c1-25-16-4-2-3-15(9-16)10-19(24)22-7-8-23-18(11-22)17(20-21-23)13-26-12-14-5-6-14/h2-4,9,14H,5-8,10-13H2,1H3. The summed E-state index contributed by atoms with van der Waals surface area (Å²) in [7, 11) is 1.63. The third-order valence-corrected chi connectivity index (χ3v) is 4.97. The minimum atomic E-state index is 0.107. The van der Waals surface area contributed by atoms with Gasteiger partial charge < -0.3 is 14.4 Å². The maximum atomic E-state index is 12.7. The van der Waals surface area contributed by atoms with E-state index >= 15 is 0 Å². The summed E-state index contributed by atoms with van der Waals surface area (Å²) in [4.78, 5) is 14.6. The van der Waals surface area contributed by atoms with Crippen molar-refractivity contribution in [1.82, 2.24) is 19.9 Å². The van der Waals surface area contributed by atoms with Crippen molar-refractivity contribution >= 4 is 5.91 Å². The third-order valence-electron chi connectivity index (χ3n) is 4.97. The SMILES string of the molecule is COc1cccc(CC(=O)N2CCn3nnc(COCC4CC4)c3C2)c1. The van der Waals surface area contributed by atoms with Crippen LogP contribution in [0.3, 0.4) is 0 Å². The molecule has 7 nitrogen and oxygen atoms in total. The molecule has 0 radical (unpaired) electrons. The van der Waals surface area contributed by atoms with E-state index < -0.39 is 0 Å². The van der Waals surface area contributed by atoms with Crippen LogP contribution in [-0.2, 0) is 35.6 Å². The molecule has 0 bridgehead atoms. The van der Waals surface area contributed by atoms with Crippen molar-refractivity contribution in [3.8, 4) is 5.75 Å². The fraction of sp³-hybridized carbons (Fsp3) is 0.526. The highest BCUT2D eigenvalue weighted by Gasteiger charge is 2.26. The van der Waals surface area contributed by atoms with Crippen molar-refractivity contribution in [2.45, 2.75) is 39.0 Å². The monoisotopic (exact) mass is 356 g/mol. The number of hydrogen-bond acceptors (Lipinski definition) is 5. The molecule has 26 heavy (non-hydrogen) atoms. The maximum absolute atomic E-state index is 12.7. The zero-order valence-electron chi connectivity index (χ0n) is 15.1. The number of carbonyl (C=O) groups excluding carboxylic acids is 1. The minimum Gasteiger partial charge on any atom is -0.497 e. The van der Waals surface area contributed by atoms with Crippen LogP contribution in [0.25, 0.3) is 0 Å². The lowest BCUT2D eigenvalue weighted by Gasteiger charge is -2.28. The molecular weight excluding hydrogens is 332 g/mol. The molecule has 1 fully saturated rings. The number of aromatic nitrogens is 3. The Hall–Kier alpha value is -2.41. The Morgan fingerprint density at radius 1 is 1.31 bits per heavy atom. The van der Waals surface area contributed by atoms with Crippen molar-refractivity contribution in [1.29, 1.82) is 0 Å². The van der Waals surface area contributed by atoms with Gasteiger partial charge in [-0.3, -0.25) is 4.79 Å². The van der Waals surface area contributed by atoms with Gasteiger partial charge in [0.25, 0.3) is 0 Å². The fourth-order valence-corrected chi connectivity index (χ4v) is 3.20. The maximum Gasteiger partial charge on any atom is 0.227 e. The Labute approximate surface area is 152 Å². The Bertz CT molecular complexity index is 785. The number of nitrogens with zero attached hydrogens (tertiary/aromatic N) is 4. The molecule has 1 saturated carbocycles. The molecule has 1 aliphatic heterocycles. The number of fused-ring (bicyclic) bond motifs is 1. The lowest BCUT2D eigenvalue weighted by atomic mass is 10.1. The second-order valence-corrected chi connectivity index (χ2v) is 7.01. The lowest BCUT2D eigenvalue weighted by Crippen LogP contribution is -2.39. The second kappa shape index (κ2) is 7.45. The largest absolute Gasteiger partial charge is 0.497 e. The Balaban J connectivity index is 1.38. The van der Waals surface area contributed by atoms with Crippen molar-refractivity contribution in [2.24, 2.45) is 5.92 Å². The molecule has 1 aromatic heterocycles. The number of hydrogen-bond donors (Lipinski definition) is 0. The summed E-state index contributed by atoms with van der Waals surface area (Å²) < 4.78 is 12.9. The molecule has 1 aliphatic carbocycles. The quantitative estimate of drug-likeness (QED) is 0.757. The number of benzene rings is 1. The normalized spacial score (nSPS) is 16.4. The first-order chi connectivity index (χ1) is 12.7. The van der Waals surface area contributed by atoms with E-state index in [4.69, 9.17) is 9.47 Å². The summed E-state index contributed by atoms with van der Waals surface area (Å²) in [5.41, 5.74) is 2.80. The Morgan fingerprint density at radius 3 is 3.00 bits per heavy atom. The smallest absolute Gasteiger partial charge is 0.227 e. The highest BCUT2D eigenvalue weighted by molar-refractivity contribution is 5.79. The molecule has 138 valence electrons. The van der Waals surface area contributed by atoms with E-state index in [0.29, 0.717) is 32.7 Å². The van der Waals surface area contributed by atoms with E-state index in [2.05, 4.69) is 10.3 Å². The zero-order chi connectivity index (χ0) is 17.9. The average Bonchev–Trinajstić information content (AvgIpc) is 3.40. The topological polar surface area (TPSA) is 69.5 Å². The van der Waals surface area contributed by atoms with E-state index in [0.717, 1.165) is 35.2 Å². The van der Waals surface area contributed by atoms with Crippen molar-refractivity contribution in [2.75, 3.05) is 20.3 Å². The predicted molar refractivity (Wildman–Crippen MR) is 94.5 cm³/mol. The number of methoxy groups -OCH3 is 1. The van der Waals surface area contributed by atoms with Gasteiger partial charge >= 0.3 is 0 Å². The number of amides is 1. The highest BCUT2D eigenvalue weighted by Crippen LogP contribution is 2.29. The van der Waals surface area contributed by atoms with Crippen LogP contribution in [0.1, 0.15) is 29.8 Å². The molecule has 2 heterocycles. The van der Waals surface area contributed by atoms with Gasteiger partial charge in [0.1, 0.15) is 11.4 Å². The first kappa shape index (κ1) is 17.0. The van der Waals surface area contributed by atoms with E-state index in [-0.39, 0.29) is 5.91 Å². The van der Waals surface area contributed by atoms with Gasteiger partial charge in [0.05, 0.1) is 38.9 Å². The number of carbonyl (C=O) groups is 1. The van der Waals surface area contributed by atoms with Gasteiger partial charge in [0, 0.05) is 13.2 Å². The minimum absolute atomic E-state index is 0.107. The van der Waals surface area contributed by atoms with Crippen LogP contribution in [0, 0.1) is 5.92 Å². The van der Waals surface area contributed by atoms with Crippen LogP contribution in [0.5, 0.6) is 5.75 Å². The molecule has 0 N–H and O–H groups in total. The van der Waals surface area contributed by atoms with Gasteiger partial charge in [0.15, 0.2) is 0 Å². The first-order valence-corrected chi connectivity index (χ1v) is 9.12. The average molecular weight is 356 g/mol. The first-order valence-electron chi connectivity index (χ1n) is 9.12. The molecule has 2 aromatic rings. The van der Waals surface area contributed by atoms with E-state index in [1.54, 1.807) is 7.11 Å². The van der Waals surface area contributed by atoms with Crippen molar-refractivity contribution in [3.05, 3.63) is 41.2 Å². The molecule has 0 spiro atoms. The van der Waals surface area contributed by atoms with Gasteiger partial charge in [-0.1, -0.05) is 17.3 Å². The summed E-state index contributed by atoms with van der Waals surface area (Å²) in [5, 5.41) is 8.45. The number of rotatable bonds is 7. The Kier molecular flexibility index (Phi) is 4.88. The molecule has 7 heteroatoms. The third kappa shape index (κ3) is 3.88. The molecule has 0 saturated heterocycles. The van der Waals surface area contributed by atoms with E-state index in [1.165, 1.54) is 12.8 Å². The molecular formula is C19H24N4O3. The molecule has 4 rings (SSSR count). The fourth-order valence-electron chi connectivity index (χ4n) is 3.20. The number of ether oxygens (including phenoxy) is 2. The van der Waals surface area contributed by atoms with Crippen molar-refractivity contribution < 1.29 is 14.3 Å². The van der Waals surface area contributed by atoms with Crippen LogP contribution in [0.15, 0.2) is 24.3 Å². The van der Waals surface area contributed by atoms with Gasteiger partial charge in [-0.2, -0.15) is 0 Å². The summed E-state index contributed by atoms with van der Waals surface area (Å²) in [6.07, 6.45) is 2.91. The van der Waals surface area contributed by atoms with Gasteiger partial charge in [-0.25, -0.2) is 4.68 Å². The summed E-state index contributed by atoms with van der Waals surface area (Å²) in [6.45, 7) is 3.14. The van der Waals surface area contributed by atoms with Crippen LogP contribution in [-0.4, -0.2) is 46.1 Å². The summed E-state index contributed by atoms with van der Waals surface area (Å²) in [6, 6.07) is 7.65. The van der Waals surface area contributed by atoms with Crippen LogP contribution in [0.2, 0.25) is 0 Å².